The predicted molar refractivity (Wildman–Crippen MR) is 69.5 cm³/mol. The number of nitrogens with one attached hydrogen (secondary N) is 2. The highest BCUT2D eigenvalue weighted by Crippen LogP contribution is 2.08. The van der Waals surface area contributed by atoms with Crippen LogP contribution >= 0.6 is 0 Å². The maximum absolute atomic E-state index is 11.5. The highest BCUT2D eigenvalue weighted by Gasteiger charge is 2.03. The van der Waals surface area contributed by atoms with E-state index in [1.54, 1.807) is 0 Å². The summed E-state index contributed by atoms with van der Waals surface area (Å²) in [6, 6.07) is 7.27. The number of carbonyl (C=O) groups excluding carboxylic acids is 2. The Kier molecular flexibility index (Phi) is 5.70. The van der Waals surface area contributed by atoms with Gasteiger partial charge in [0.1, 0.15) is 0 Å². The largest absolute Gasteiger partial charge is 0.469 e. The molecule has 0 aromatic heterocycles. The summed E-state index contributed by atoms with van der Waals surface area (Å²) in [6.45, 7) is 2.40. The molecular weight excluding hydrogens is 232 g/mol. The second-order valence-electron chi connectivity index (χ2n) is 3.93. The molecule has 1 rings (SSSR count). The van der Waals surface area contributed by atoms with E-state index >= 15 is 0 Å². The van der Waals surface area contributed by atoms with Crippen molar-refractivity contribution in [1.29, 1.82) is 0 Å². The molecule has 0 spiro atoms. The van der Waals surface area contributed by atoms with Crippen LogP contribution in [0, 0.1) is 6.92 Å². The molecule has 0 radical (unpaired) electrons. The van der Waals surface area contributed by atoms with Crippen LogP contribution in [0.3, 0.4) is 0 Å². The smallest absolute Gasteiger partial charge is 0.319 e. The SMILES string of the molecule is COC(=O)CCCNC(=O)Nc1cccc(C)c1. The van der Waals surface area contributed by atoms with E-state index in [-0.39, 0.29) is 12.0 Å². The summed E-state index contributed by atoms with van der Waals surface area (Å²) >= 11 is 0. The number of amides is 2. The number of rotatable bonds is 5. The van der Waals surface area contributed by atoms with Gasteiger partial charge in [-0.3, -0.25) is 4.79 Å². The van der Waals surface area contributed by atoms with Crippen LogP contribution in [0.4, 0.5) is 10.5 Å². The number of hydrogen-bond donors (Lipinski definition) is 2. The summed E-state index contributed by atoms with van der Waals surface area (Å²) in [4.78, 5) is 22.3. The average Bonchev–Trinajstić information content (AvgIpc) is 2.34. The number of hydrogen-bond acceptors (Lipinski definition) is 3. The van der Waals surface area contributed by atoms with Crippen molar-refractivity contribution in [2.45, 2.75) is 19.8 Å². The Labute approximate surface area is 107 Å². The van der Waals surface area contributed by atoms with Crippen molar-refractivity contribution in [2.75, 3.05) is 19.0 Å². The number of aryl methyl sites for hydroxylation is 1. The molecule has 0 saturated heterocycles. The van der Waals surface area contributed by atoms with Gasteiger partial charge in [-0.2, -0.15) is 0 Å². The van der Waals surface area contributed by atoms with Crippen LogP contribution < -0.4 is 10.6 Å². The fraction of sp³-hybridized carbons (Fsp3) is 0.385. The van der Waals surface area contributed by atoms with Gasteiger partial charge in [-0.25, -0.2) is 4.79 Å². The second-order valence-corrected chi connectivity index (χ2v) is 3.93. The first-order valence-corrected chi connectivity index (χ1v) is 5.80. The van der Waals surface area contributed by atoms with Crippen molar-refractivity contribution in [3.63, 3.8) is 0 Å². The molecule has 0 unspecified atom stereocenters. The number of methoxy groups -OCH3 is 1. The molecule has 18 heavy (non-hydrogen) atoms. The van der Waals surface area contributed by atoms with Crippen LogP contribution in [0.5, 0.6) is 0 Å². The van der Waals surface area contributed by atoms with Gasteiger partial charge in [-0.05, 0) is 31.0 Å². The summed E-state index contributed by atoms with van der Waals surface area (Å²) in [6.07, 6.45) is 0.870. The molecule has 0 aliphatic carbocycles. The fourth-order valence-electron chi connectivity index (χ4n) is 1.43. The van der Waals surface area contributed by atoms with E-state index in [0.29, 0.717) is 19.4 Å². The molecule has 0 atom stereocenters. The quantitative estimate of drug-likeness (QED) is 0.621. The summed E-state index contributed by atoms with van der Waals surface area (Å²) in [7, 11) is 1.35. The Morgan fingerprint density at radius 2 is 2.11 bits per heavy atom. The van der Waals surface area contributed by atoms with E-state index in [2.05, 4.69) is 15.4 Å². The van der Waals surface area contributed by atoms with Crippen molar-refractivity contribution in [1.82, 2.24) is 5.32 Å². The minimum Gasteiger partial charge on any atom is -0.469 e. The van der Waals surface area contributed by atoms with E-state index in [4.69, 9.17) is 0 Å². The van der Waals surface area contributed by atoms with Crippen LogP contribution in [0.25, 0.3) is 0 Å². The molecule has 2 amide bonds. The number of esters is 1. The van der Waals surface area contributed by atoms with Crippen LogP contribution in [0.2, 0.25) is 0 Å². The van der Waals surface area contributed by atoms with Gasteiger partial charge in [0.25, 0.3) is 0 Å². The molecule has 0 saturated carbocycles. The topological polar surface area (TPSA) is 67.4 Å². The molecule has 1 aromatic rings. The Bertz CT molecular complexity index is 418. The van der Waals surface area contributed by atoms with E-state index in [1.807, 2.05) is 31.2 Å². The molecule has 5 nitrogen and oxygen atoms in total. The minimum absolute atomic E-state index is 0.268. The van der Waals surface area contributed by atoms with Crippen molar-refractivity contribution >= 4 is 17.7 Å². The number of urea groups is 1. The van der Waals surface area contributed by atoms with Crippen LogP contribution in [0.1, 0.15) is 18.4 Å². The van der Waals surface area contributed by atoms with E-state index in [1.165, 1.54) is 7.11 Å². The minimum atomic E-state index is -0.273. The van der Waals surface area contributed by atoms with Crippen LogP contribution in [0.15, 0.2) is 24.3 Å². The van der Waals surface area contributed by atoms with Gasteiger partial charge in [0.05, 0.1) is 7.11 Å². The average molecular weight is 250 g/mol. The van der Waals surface area contributed by atoms with Gasteiger partial charge in [0.15, 0.2) is 0 Å². The lowest BCUT2D eigenvalue weighted by Gasteiger charge is -2.07. The molecule has 98 valence electrons. The highest BCUT2D eigenvalue weighted by molar-refractivity contribution is 5.89. The molecular formula is C13H18N2O3. The monoisotopic (exact) mass is 250 g/mol. The zero-order valence-electron chi connectivity index (χ0n) is 10.7. The predicted octanol–water partition coefficient (Wildman–Crippen LogP) is 2.07. The Hall–Kier alpha value is -2.04. The van der Waals surface area contributed by atoms with Gasteiger partial charge in [0, 0.05) is 18.7 Å². The zero-order chi connectivity index (χ0) is 13.4. The third kappa shape index (κ3) is 5.34. The maximum Gasteiger partial charge on any atom is 0.319 e. The van der Waals surface area contributed by atoms with E-state index < -0.39 is 0 Å². The fourth-order valence-corrected chi connectivity index (χ4v) is 1.43. The molecule has 5 heteroatoms. The lowest BCUT2D eigenvalue weighted by molar-refractivity contribution is -0.140. The number of benzene rings is 1. The normalized spacial score (nSPS) is 9.67. The van der Waals surface area contributed by atoms with Gasteiger partial charge in [-0.15, -0.1) is 0 Å². The Morgan fingerprint density at radius 3 is 2.78 bits per heavy atom. The van der Waals surface area contributed by atoms with Crippen molar-refractivity contribution in [3.8, 4) is 0 Å². The Morgan fingerprint density at radius 1 is 1.33 bits per heavy atom. The molecule has 0 heterocycles. The zero-order valence-corrected chi connectivity index (χ0v) is 10.7. The first kappa shape index (κ1) is 14.0. The molecule has 2 N–H and O–H groups in total. The van der Waals surface area contributed by atoms with Gasteiger partial charge >= 0.3 is 12.0 Å². The van der Waals surface area contributed by atoms with Crippen molar-refractivity contribution in [3.05, 3.63) is 29.8 Å². The first-order chi connectivity index (χ1) is 8.61. The third-order valence-electron chi connectivity index (χ3n) is 2.35. The summed E-state index contributed by atoms with van der Waals surface area (Å²) in [5.41, 5.74) is 1.83. The van der Waals surface area contributed by atoms with Gasteiger partial charge in [-0.1, -0.05) is 12.1 Å². The van der Waals surface area contributed by atoms with E-state index in [0.717, 1.165) is 11.3 Å². The number of carbonyl (C=O) groups is 2. The van der Waals surface area contributed by atoms with Crippen LogP contribution in [-0.2, 0) is 9.53 Å². The molecule has 0 aliphatic rings. The highest BCUT2D eigenvalue weighted by atomic mass is 16.5. The summed E-state index contributed by atoms with van der Waals surface area (Å²) < 4.78 is 4.50. The van der Waals surface area contributed by atoms with Gasteiger partial charge < -0.3 is 15.4 Å². The van der Waals surface area contributed by atoms with Crippen LogP contribution in [-0.4, -0.2) is 25.7 Å². The Balaban J connectivity index is 2.24. The second kappa shape index (κ2) is 7.32. The molecule has 0 bridgehead atoms. The van der Waals surface area contributed by atoms with Gasteiger partial charge in [0.2, 0.25) is 0 Å². The standard InChI is InChI=1S/C13H18N2O3/c1-10-5-3-6-11(9-10)15-13(17)14-8-4-7-12(16)18-2/h3,5-6,9H,4,7-8H2,1-2H3,(H2,14,15,17). The molecule has 0 fully saturated rings. The molecule has 1 aromatic carbocycles. The lowest BCUT2D eigenvalue weighted by Crippen LogP contribution is -2.29. The number of ether oxygens (including phenoxy) is 1. The van der Waals surface area contributed by atoms with E-state index in [9.17, 15) is 9.59 Å². The van der Waals surface area contributed by atoms with Crippen molar-refractivity contribution in [2.24, 2.45) is 0 Å². The maximum atomic E-state index is 11.5. The summed E-state index contributed by atoms with van der Waals surface area (Å²) in [5.74, 6) is -0.268. The molecule has 0 aliphatic heterocycles. The lowest BCUT2D eigenvalue weighted by atomic mass is 10.2. The van der Waals surface area contributed by atoms with Crippen molar-refractivity contribution < 1.29 is 14.3 Å². The first-order valence-electron chi connectivity index (χ1n) is 5.80. The third-order valence-corrected chi connectivity index (χ3v) is 2.35. The summed E-state index contributed by atoms with van der Waals surface area (Å²) in [5, 5.41) is 5.39. The number of anilines is 1.